The predicted molar refractivity (Wildman–Crippen MR) is 111 cm³/mol. The first-order chi connectivity index (χ1) is 13.1. The van der Waals surface area contributed by atoms with Gasteiger partial charge in [-0.1, -0.05) is 39.2 Å². The van der Waals surface area contributed by atoms with Gasteiger partial charge in [-0.15, -0.1) is 0 Å². The number of anilines is 1. The zero-order valence-electron chi connectivity index (χ0n) is 16.7. The first-order valence-electron chi connectivity index (χ1n) is 9.93. The Labute approximate surface area is 162 Å². The van der Waals surface area contributed by atoms with Gasteiger partial charge in [-0.3, -0.25) is 4.79 Å². The maximum absolute atomic E-state index is 12.5. The molecule has 0 spiro atoms. The van der Waals surface area contributed by atoms with Gasteiger partial charge in [-0.05, 0) is 56.2 Å². The summed E-state index contributed by atoms with van der Waals surface area (Å²) >= 11 is 0. The summed E-state index contributed by atoms with van der Waals surface area (Å²) in [5.74, 6) is 1.41. The van der Waals surface area contributed by atoms with Crippen LogP contribution in [0.3, 0.4) is 0 Å². The van der Waals surface area contributed by atoms with E-state index in [9.17, 15) is 4.79 Å². The zero-order valence-corrected chi connectivity index (χ0v) is 16.7. The van der Waals surface area contributed by atoms with Crippen LogP contribution in [0, 0.1) is 0 Å². The van der Waals surface area contributed by atoms with E-state index < -0.39 is 0 Å². The van der Waals surface area contributed by atoms with Gasteiger partial charge in [-0.25, -0.2) is 0 Å². The quantitative estimate of drug-likeness (QED) is 0.489. The second-order valence-electron chi connectivity index (χ2n) is 6.75. The van der Waals surface area contributed by atoms with Gasteiger partial charge in [0.25, 0.3) is 5.91 Å². The fourth-order valence-corrected chi connectivity index (χ4v) is 2.59. The molecule has 4 heteroatoms. The number of rotatable bonds is 11. The van der Waals surface area contributed by atoms with Gasteiger partial charge >= 0.3 is 0 Å². The minimum absolute atomic E-state index is 0.144. The number of nitrogens with one attached hydrogen (secondary N) is 1. The molecule has 0 saturated carbocycles. The highest BCUT2D eigenvalue weighted by Gasteiger charge is 2.08. The van der Waals surface area contributed by atoms with E-state index in [0.717, 1.165) is 30.0 Å². The third-order valence-electron chi connectivity index (χ3n) is 4.39. The number of carbonyl (C=O) groups excluding carboxylic acids is 1. The molecule has 2 rings (SSSR count). The van der Waals surface area contributed by atoms with Crippen LogP contribution in [0.4, 0.5) is 5.69 Å². The zero-order chi connectivity index (χ0) is 19.5. The molecule has 1 atom stereocenters. The third kappa shape index (κ3) is 7.33. The molecule has 0 heterocycles. The lowest BCUT2D eigenvalue weighted by Crippen LogP contribution is -2.13. The maximum Gasteiger partial charge on any atom is 0.255 e. The standard InChI is InChI=1S/C23H31NO3/c1-4-6-7-8-16-26-21-14-12-19(13-15-21)23(25)24-20-10-9-11-22(17-20)27-18(3)5-2/h9-15,17-18H,4-8,16H2,1-3H3,(H,24,25). The van der Waals surface area contributed by atoms with Crippen molar-refractivity contribution < 1.29 is 14.3 Å². The number of carbonyl (C=O) groups is 1. The van der Waals surface area contributed by atoms with E-state index in [0.29, 0.717) is 12.2 Å². The third-order valence-corrected chi connectivity index (χ3v) is 4.39. The average molecular weight is 370 g/mol. The topological polar surface area (TPSA) is 47.6 Å². The largest absolute Gasteiger partial charge is 0.494 e. The van der Waals surface area contributed by atoms with Crippen LogP contribution in [0.5, 0.6) is 11.5 Å². The highest BCUT2D eigenvalue weighted by molar-refractivity contribution is 6.04. The summed E-state index contributed by atoms with van der Waals surface area (Å²) in [4.78, 5) is 12.5. The van der Waals surface area contributed by atoms with Crippen LogP contribution in [0.1, 0.15) is 63.2 Å². The average Bonchev–Trinajstić information content (AvgIpc) is 2.68. The van der Waals surface area contributed by atoms with Crippen molar-refractivity contribution in [3.8, 4) is 11.5 Å². The van der Waals surface area contributed by atoms with Gasteiger partial charge < -0.3 is 14.8 Å². The molecule has 27 heavy (non-hydrogen) atoms. The molecule has 0 aliphatic carbocycles. The molecule has 0 aliphatic rings. The Hall–Kier alpha value is -2.49. The Morgan fingerprint density at radius 2 is 1.78 bits per heavy atom. The highest BCUT2D eigenvalue weighted by Crippen LogP contribution is 2.20. The van der Waals surface area contributed by atoms with E-state index in [1.54, 1.807) is 12.1 Å². The van der Waals surface area contributed by atoms with Gasteiger partial charge in [0.1, 0.15) is 11.5 Å². The SMILES string of the molecule is CCCCCCOc1ccc(C(=O)Nc2cccc(OC(C)CC)c2)cc1. The molecule has 2 aromatic rings. The smallest absolute Gasteiger partial charge is 0.255 e. The fourth-order valence-electron chi connectivity index (χ4n) is 2.59. The molecule has 1 unspecified atom stereocenters. The lowest BCUT2D eigenvalue weighted by Gasteiger charge is -2.13. The van der Waals surface area contributed by atoms with Gasteiger partial charge in [-0.2, -0.15) is 0 Å². The first kappa shape index (κ1) is 20.8. The van der Waals surface area contributed by atoms with Crippen LogP contribution in [0.15, 0.2) is 48.5 Å². The van der Waals surface area contributed by atoms with Gasteiger partial charge in [0.05, 0.1) is 12.7 Å². The monoisotopic (exact) mass is 369 g/mol. The lowest BCUT2D eigenvalue weighted by molar-refractivity contribution is 0.102. The van der Waals surface area contributed by atoms with E-state index in [-0.39, 0.29) is 12.0 Å². The minimum Gasteiger partial charge on any atom is -0.494 e. The molecule has 0 aromatic heterocycles. The summed E-state index contributed by atoms with van der Waals surface area (Å²) in [5.41, 5.74) is 1.32. The molecule has 0 aliphatic heterocycles. The van der Waals surface area contributed by atoms with Crippen molar-refractivity contribution in [3.63, 3.8) is 0 Å². The predicted octanol–water partition coefficient (Wildman–Crippen LogP) is 6.08. The molecule has 0 bridgehead atoms. The normalized spacial score (nSPS) is 11.7. The second kappa shape index (κ2) is 11.3. The van der Waals surface area contributed by atoms with Crippen LogP contribution >= 0.6 is 0 Å². The second-order valence-corrected chi connectivity index (χ2v) is 6.75. The Kier molecular flexibility index (Phi) is 8.69. The molecule has 1 N–H and O–H groups in total. The summed E-state index contributed by atoms with van der Waals surface area (Å²) in [6.07, 6.45) is 5.79. The van der Waals surface area contributed by atoms with Crippen LogP contribution < -0.4 is 14.8 Å². The maximum atomic E-state index is 12.5. The Morgan fingerprint density at radius 3 is 2.48 bits per heavy atom. The van der Waals surface area contributed by atoms with Crippen LogP contribution in [-0.4, -0.2) is 18.6 Å². The van der Waals surface area contributed by atoms with Crippen molar-refractivity contribution in [2.24, 2.45) is 0 Å². The molecule has 0 fully saturated rings. The molecular formula is C23H31NO3. The summed E-state index contributed by atoms with van der Waals surface area (Å²) in [6, 6.07) is 14.7. The van der Waals surface area contributed by atoms with Crippen LogP contribution in [0.25, 0.3) is 0 Å². The van der Waals surface area contributed by atoms with Crippen molar-refractivity contribution in [1.82, 2.24) is 0 Å². The van der Waals surface area contributed by atoms with Gasteiger partial charge in [0.2, 0.25) is 0 Å². The Balaban J connectivity index is 1.87. The number of hydrogen-bond acceptors (Lipinski definition) is 3. The number of ether oxygens (including phenoxy) is 2. The van der Waals surface area contributed by atoms with E-state index in [2.05, 4.69) is 19.2 Å². The lowest BCUT2D eigenvalue weighted by atomic mass is 10.2. The van der Waals surface area contributed by atoms with Gasteiger partial charge in [0.15, 0.2) is 0 Å². The fraction of sp³-hybridized carbons (Fsp3) is 0.435. The molecule has 0 saturated heterocycles. The van der Waals surface area contributed by atoms with E-state index in [1.165, 1.54) is 19.3 Å². The van der Waals surface area contributed by atoms with E-state index in [1.807, 2.05) is 43.3 Å². The molecule has 1 amide bonds. The molecule has 4 nitrogen and oxygen atoms in total. The molecule has 2 aromatic carbocycles. The van der Waals surface area contributed by atoms with E-state index in [4.69, 9.17) is 9.47 Å². The highest BCUT2D eigenvalue weighted by atomic mass is 16.5. The molecular weight excluding hydrogens is 338 g/mol. The van der Waals surface area contributed by atoms with Crippen molar-refractivity contribution in [1.29, 1.82) is 0 Å². The first-order valence-corrected chi connectivity index (χ1v) is 9.93. The van der Waals surface area contributed by atoms with Crippen molar-refractivity contribution in [2.45, 2.75) is 59.0 Å². The van der Waals surface area contributed by atoms with Crippen LogP contribution in [0.2, 0.25) is 0 Å². The minimum atomic E-state index is -0.148. The number of hydrogen-bond donors (Lipinski definition) is 1. The number of amides is 1. The van der Waals surface area contributed by atoms with Crippen molar-refractivity contribution in [3.05, 3.63) is 54.1 Å². The molecule has 0 radical (unpaired) electrons. The number of unbranched alkanes of at least 4 members (excludes halogenated alkanes) is 3. The molecule has 146 valence electrons. The number of benzene rings is 2. The van der Waals surface area contributed by atoms with Gasteiger partial charge in [0, 0.05) is 17.3 Å². The summed E-state index contributed by atoms with van der Waals surface area (Å²) in [5, 5.41) is 2.92. The van der Waals surface area contributed by atoms with E-state index >= 15 is 0 Å². The summed E-state index contributed by atoms with van der Waals surface area (Å²) in [7, 11) is 0. The Morgan fingerprint density at radius 1 is 1.00 bits per heavy atom. The summed E-state index contributed by atoms with van der Waals surface area (Å²) in [6.45, 7) is 7.02. The van der Waals surface area contributed by atoms with Crippen molar-refractivity contribution in [2.75, 3.05) is 11.9 Å². The Bertz CT molecular complexity index is 697. The van der Waals surface area contributed by atoms with Crippen molar-refractivity contribution >= 4 is 11.6 Å². The summed E-state index contributed by atoms with van der Waals surface area (Å²) < 4.78 is 11.5. The van der Waals surface area contributed by atoms with Crippen LogP contribution in [-0.2, 0) is 0 Å².